The number of nitrogens with two attached hydrogens (primary N) is 1. The Kier molecular flexibility index (Phi) is 3.96. The van der Waals surface area contributed by atoms with E-state index >= 15 is 0 Å². The lowest BCUT2D eigenvalue weighted by Crippen LogP contribution is -2.13. The molecule has 15 heavy (non-hydrogen) atoms. The molecule has 1 aromatic rings. The molecule has 2 N–H and O–H groups in total. The average molecular weight is 231 g/mol. The SMILES string of the molecule is Cc1cccc(CC(N)=S)c1OC(F)F. The molecule has 0 saturated carbocycles. The number of benzene rings is 1. The monoisotopic (exact) mass is 231 g/mol. The molecular weight excluding hydrogens is 220 g/mol. The van der Waals surface area contributed by atoms with Crippen molar-refractivity contribution in [3.05, 3.63) is 29.3 Å². The maximum atomic E-state index is 12.1. The van der Waals surface area contributed by atoms with Crippen molar-refractivity contribution in [2.45, 2.75) is 20.0 Å². The maximum Gasteiger partial charge on any atom is 0.387 e. The Hall–Kier alpha value is -1.23. The zero-order chi connectivity index (χ0) is 11.4. The van der Waals surface area contributed by atoms with Crippen LogP contribution in [0.15, 0.2) is 18.2 Å². The highest BCUT2D eigenvalue weighted by Crippen LogP contribution is 2.25. The highest BCUT2D eigenvalue weighted by atomic mass is 32.1. The zero-order valence-corrected chi connectivity index (χ0v) is 8.98. The summed E-state index contributed by atoms with van der Waals surface area (Å²) in [6.07, 6.45) is 0.263. The first-order chi connectivity index (χ1) is 7.00. The minimum Gasteiger partial charge on any atom is -0.434 e. The summed E-state index contributed by atoms with van der Waals surface area (Å²) in [6.45, 7) is -1.14. The molecule has 0 fully saturated rings. The third-order valence-electron chi connectivity index (χ3n) is 1.87. The first-order valence-corrected chi connectivity index (χ1v) is 4.73. The van der Waals surface area contributed by atoms with E-state index in [9.17, 15) is 8.78 Å². The van der Waals surface area contributed by atoms with Crippen LogP contribution in [0.2, 0.25) is 0 Å². The molecule has 0 aliphatic carbocycles. The smallest absolute Gasteiger partial charge is 0.387 e. The van der Waals surface area contributed by atoms with E-state index in [2.05, 4.69) is 4.74 Å². The number of thiocarbonyl (C=S) groups is 1. The summed E-state index contributed by atoms with van der Waals surface area (Å²) in [6, 6.07) is 5.12. The summed E-state index contributed by atoms with van der Waals surface area (Å²) in [5, 5.41) is 0. The summed E-state index contributed by atoms with van der Waals surface area (Å²) in [7, 11) is 0. The minimum absolute atomic E-state index is 0.167. The van der Waals surface area contributed by atoms with E-state index in [1.807, 2.05) is 0 Å². The molecule has 0 saturated heterocycles. The molecule has 1 aromatic carbocycles. The van der Waals surface area contributed by atoms with E-state index in [4.69, 9.17) is 18.0 Å². The highest BCUT2D eigenvalue weighted by molar-refractivity contribution is 7.80. The van der Waals surface area contributed by atoms with Crippen LogP contribution in [0.3, 0.4) is 0 Å². The molecule has 5 heteroatoms. The Morgan fingerprint density at radius 2 is 2.20 bits per heavy atom. The van der Waals surface area contributed by atoms with E-state index < -0.39 is 6.61 Å². The molecule has 0 aliphatic rings. The van der Waals surface area contributed by atoms with Crippen LogP contribution in [0.25, 0.3) is 0 Å². The Bertz CT molecular complexity index is 368. The molecule has 0 spiro atoms. The van der Waals surface area contributed by atoms with Gasteiger partial charge in [-0.05, 0) is 12.5 Å². The van der Waals surface area contributed by atoms with Gasteiger partial charge in [0.1, 0.15) is 5.75 Å². The van der Waals surface area contributed by atoms with E-state index in [0.29, 0.717) is 11.1 Å². The fourth-order valence-corrected chi connectivity index (χ4v) is 1.45. The lowest BCUT2D eigenvalue weighted by molar-refractivity contribution is -0.0508. The maximum absolute atomic E-state index is 12.1. The summed E-state index contributed by atoms with van der Waals surface area (Å²) >= 11 is 4.73. The van der Waals surface area contributed by atoms with Crippen molar-refractivity contribution in [1.29, 1.82) is 0 Å². The summed E-state index contributed by atoms with van der Waals surface area (Å²) in [5.74, 6) is 0.167. The second-order valence-electron chi connectivity index (χ2n) is 3.08. The molecule has 0 atom stereocenters. The third kappa shape index (κ3) is 3.43. The molecule has 0 aliphatic heterocycles. The second-order valence-corrected chi connectivity index (χ2v) is 3.61. The van der Waals surface area contributed by atoms with Crippen LogP contribution < -0.4 is 10.5 Å². The molecule has 0 amide bonds. The van der Waals surface area contributed by atoms with Crippen LogP contribution in [0.1, 0.15) is 11.1 Å². The molecular formula is C10H11F2NOS. The van der Waals surface area contributed by atoms with E-state index in [1.54, 1.807) is 25.1 Å². The first kappa shape index (κ1) is 11.8. The van der Waals surface area contributed by atoms with E-state index in [0.717, 1.165) is 0 Å². The van der Waals surface area contributed by atoms with Crippen molar-refractivity contribution in [1.82, 2.24) is 0 Å². The third-order valence-corrected chi connectivity index (χ3v) is 2.01. The number of ether oxygens (including phenoxy) is 1. The quantitative estimate of drug-likeness (QED) is 0.808. The van der Waals surface area contributed by atoms with Crippen LogP contribution in [0.4, 0.5) is 8.78 Å². The van der Waals surface area contributed by atoms with Gasteiger partial charge in [0.2, 0.25) is 0 Å². The van der Waals surface area contributed by atoms with Crippen LogP contribution >= 0.6 is 12.2 Å². The average Bonchev–Trinajstić information content (AvgIpc) is 2.09. The van der Waals surface area contributed by atoms with Crippen molar-refractivity contribution in [3.63, 3.8) is 0 Å². The summed E-state index contributed by atoms with van der Waals surface area (Å²) in [4.78, 5) is 0.250. The van der Waals surface area contributed by atoms with Crippen LogP contribution in [-0.4, -0.2) is 11.6 Å². The Morgan fingerprint density at radius 1 is 1.53 bits per heavy atom. The van der Waals surface area contributed by atoms with Gasteiger partial charge in [-0.3, -0.25) is 0 Å². The van der Waals surface area contributed by atoms with Gasteiger partial charge in [-0.2, -0.15) is 8.78 Å². The standard InChI is InChI=1S/C10H11F2NOS/c1-6-3-2-4-7(5-8(13)15)9(6)14-10(11)12/h2-4,10H,5H2,1H3,(H2,13,15). The molecule has 0 unspecified atom stereocenters. The Labute approximate surface area is 92.0 Å². The van der Waals surface area contributed by atoms with E-state index in [1.165, 1.54) is 0 Å². The normalized spacial score (nSPS) is 10.4. The number of aryl methyl sites for hydroxylation is 1. The highest BCUT2D eigenvalue weighted by Gasteiger charge is 2.12. The lowest BCUT2D eigenvalue weighted by atomic mass is 10.1. The molecule has 0 heterocycles. The van der Waals surface area contributed by atoms with Gasteiger partial charge in [0.25, 0.3) is 0 Å². The van der Waals surface area contributed by atoms with Gasteiger partial charge in [-0.15, -0.1) is 0 Å². The number of halogens is 2. The Balaban J connectivity index is 3.02. The number of para-hydroxylation sites is 1. The Morgan fingerprint density at radius 3 is 2.73 bits per heavy atom. The molecule has 82 valence electrons. The molecule has 2 nitrogen and oxygen atoms in total. The fraction of sp³-hybridized carbons (Fsp3) is 0.300. The van der Waals surface area contributed by atoms with Gasteiger partial charge in [0, 0.05) is 12.0 Å². The van der Waals surface area contributed by atoms with Gasteiger partial charge in [-0.25, -0.2) is 0 Å². The summed E-state index contributed by atoms with van der Waals surface area (Å²) in [5.41, 5.74) is 6.59. The summed E-state index contributed by atoms with van der Waals surface area (Å²) < 4.78 is 28.7. The lowest BCUT2D eigenvalue weighted by Gasteiger charge is -2.12. The topological polar surface area (TPSA) is 35.2 Å². The number of rotatable bonds is 4. The number of hydrogen-bond donors (Lipinski definition) is 1. The minimum atomic E-state index is -2.84. The molecule has 0 aromatic heterocycles. The van der Waals surface area contributed by atoms with Crippen molar-refractivity contribution in [2.24, 2.45) is 5.73 Å². The zero-order valence-electron chi connectivity index (χ0n) is 8.17. The van der Waals surface area contributed by atoms with E-state index in [-0.39, 0.29) is 17.2 Å². The van der Waals surface area contributed by atoms with Gasteiger partial charge >= 0.3 is 6.61 Å². The van der Waals surface area contributed by atoms with Gasteiger partial charge in [-0.1, -0.05) is 30.4 Å². The molecule has 1 rings (SSSR count). The van der Waals surface area contributed by atoms with Gasteiger partial charge < -0.3 is 10.5 Å². The number of hydrogen-bond acceptors (Lipinski definition) is 2. The van der Waals surface area contributed by atoms with Crippen LogP contribution in [-0.2, 0) is 6.42 Å². The van der Waals surface area contributed by atoms with Crippen molar-refractivity contribution < 1.29 is 13.5 Å². The largest absolute Gasteiger partial charge is 0.434 e. The van der Waals surface area contributed by atoms with Crippen LogP contribution in [0.5, 0.6) is 5.75 Å². The van der Waals surface area contributed by atoms with Crippen LogP contribution in [0, 0.1) is 6.92 Å². The molecule has 0 radical (unpaired) electrons. The van der Waals surface area contributed by atoms with Crippen molar-refractivity contribution in [3.8, 4) is 5.75 Å². The van der Waals surface area contributed by atoms with Crippen molar-refractivity contribution in [2.75, 3.05) is 0 Å². The van der Waals surface area contributed by atoms with Gasteiger partial charge in [0.05, 0.1) is 4.99 Å². The number of alkyl halides is 2. The fourth-order valence-electron chi connectivity index (χ4n) is 1.30. The first-order valence-electron chi connectivity index (χ1n) is 4.32. The van der Waals surface area contributed by atoms with Gasteiger partial charge in [0.15, 0.2) is 0 Å². The predicted octanol–water partition coefficient (Wildman–Crippen LogP) is 2.43. The van der Waals surface area contributed by atoms with Crippen molar-refractivity contribution >= 4 is 17.2 Å². The predicted molar refractivity (Wildman–Crippen MR) is 58.3 cm³/mol. The molecule has 0 bridgehead atoms. The second kappa shape index (κ2) is 5.02.